The highest BCUT2D eigenvalue weighted by Gasteiger charge is 2.61. The molecule has 2 saturated heterocycles. The molecule has 2 aliphatic heterocycles. The lowest BCUT2D eigenvalue weighted by molar-refractivity contribution is 0.563. The van der Waals surface area contributed by atoms with Gasteiger partial charge in [-0.1, -0.05) is 0 Å². The summed E-state index contributed by atoms with van der Waals surface area (Å²) < 4.78 is 0. The molecule has 2 heteroatoms. The Morgan fingerprint density at radius 1 is 1.83 bits per heavy atom. The number of hydrogen-bond donors (Lipinski definition) is 1. The highest BCUT2D eigenvalue weighted by molar-refractivity contribution is 5.15. The van der Waals surface area contributed by atoms with Gasteiger partial charge < -0.3 is 5.32 Å². The molecule has 0 aromatic carbocycles. The summed E-state index contributed by atoms with van der Waals surface area (Å²) in [6.07, 6.45) is 0.782. The van der Waals surface area contributed by atoms with Crippen molar-refractivity contribution in [2.75, 3.05) is 13.6 Å². The van der Waals surface area contributed by atoms with Crippen LogP contribution in [0.5, 0.6) is 0 Å². The number of rotatable bonds is 1. The van der Waals surface area contributed by atoms with E-state index in [1.54, 1.807) is 0 Å². The Bertz CT molecular complexity index is 73.6. The molecular formula is C4H8N2. The van der Waals surface area contributed by atoms with Gasteiger partial charge >= 0.3 is 0 Å². The minimum Gasteiger partial charge on any atom is -0.303 e. The lowest BCUT2D eigenvalue weighted by Gasteiger charge is -1.94. The first kappa shape index (κ1) is 2.99. The molecule has 2 heterocycles. The van der Waals surface area contributed by atoms with Gasteiger partial charge in [0, 0.05) is 6.54 Å². The molecule has 0 aromatic rings. The molecule has 2 nitrogen and oxygen atoms in total. The van der Waals surface area contributed by atoms with E-state index in [1.807, 2.05) is 7.05 Å². The normalized spacial score (nSPS) is 60.5. The number of fused-ring (bicyclic) bond motifs is 1. The van der Waals surface area contributed by atoms with Crippen molar-refractivity contribution in [3.05, 3.63) is 0 Å². The average molecular weight is 84.1 g/mol. The van der Waals surface area contributed by atoms with Gasteiger partial charge in [-0.25, -0.2) is 0 Å². The first-order valence-corrected chi connectivity index (χ1v) is 2.36. The largest absolute Gasteiger partial charge is 0.303 e. The number of hydrogen-bond acceptors (Lipinski definition) is 2. The van der Waals surface area contributed by atoms with Crippen LogP contribution < -0.4 is 5.32 Å². The van der Waals surface area contributed by atoms with Crippen LogP contribution in [-0.4, -0.2) is 30.7 Å². The summed E-state index contributed by atoms with van der Waals surface area (Å²) >= 11 is 0. The topological polar surface area (TPSA) is 15.0 Å². The molecule has 0 aliphatic carbocycles. The monoisotopic (exact) mass is 84.1 g/mol. The van der Waals surface area contributed by atoms with E-state index in [0.29, 0.717) is 0 Å². The zero-order chi connectivity index (χ0) is 4.15. The second-order valence-electron chi connectivity index (χ2n) is 2.00. The predicted octanol–water partition coefficient (Wildman–Crippen LogP) is -0.770. The Labute approximate surface area is 37.1 Å². The van der Waals surface area contributed by atoms with E-state index >= 15 is 0 Å². The van der Waals surface area contributed by atoms with Crippen LogP contribution in [0.1, 0.15) is 0 Å². The molecule has 2 rings (SSSR count). The summed E-state index contributed by atoms with van der Waals surface area (Å²) in [5.74, 6) is 0. The fourth-order valence-electron chi connectivity index (χ4n) is 0.933. The van der Waals surface area contributed by atoms with Crippen LogP contribution in [0.15, 0.2) is 0 Å². The average Bonchev–Trinajstić information content (AvgIpc) is 2.12. The second kappa shape index (κ2) is 0.634. The molecule has 2 aliphatic rings. The van der Waals surface area contributed by atoms with Crippen molar-refractivity contribution in [3.8, 4) is 0 Å². The molecule has 0 saturated carbocycles. The van der Waals surface area contributed by atoms with E-state index in [0.717, 1.165) is 12.2 Å². The first-order valence-electron chi connectivity index (χ1n) is 2.36. The van der Waals surface area contributed by atoms with Gasteiger partial charge in [0.15, 0.2) is 0 Å². The van der Waals surface area contributed by atoms with E-state index in [4.69, 9.17) is 0 Å². The van der Waals surface area contributed by atoms with Crippen molar-refractivity contribution in [2.24, 2.45) is 0 Å². The van der Waals surface area contributed by atoms with Crippen LogP contribution >= 0.6 is 0 Å². The summed E-state index contributed by atoms with van der Waals surface area (Å²) in [4.78, 5) is 2.40. The molecule has 3 unspecified atom stereocenters. The maximum atomic E-state index is 3.16. The van der Waals surface area contributed by atoms with Crippen LogP contribution in [0.25, 0.3) is 0 Å². The predicted molar refractivity (Wildman–Crippen MR) is 23.3 cm³/mol. The van der Waals surface area contributed by atoms with Gasteiger partial charge in [0.05, 0.1) is 12.2 Å². The van der Waals surface area contributed by atoms with Crippen LogP contribution in [0, 0.1) is 0 Å². The van der Waals surface area contributed by atoms with E-state index in [2.05, 4.69) is 10.2 Å². The zero-order valence-electron chi connectivity index (χ0n) is 3.81. The Morgan fingerprint density at radius 3 is 2.50 bits per heavy atom. The lowest BCUT2D eigenvalue weighted by Crippen LogP contribution is -2.22. The Kier molecular flexibility index (Phi) is 0.316. The van der Waals surface area contributed by atoms with Crippen molar-refractivity contribution in [3.63, 3.8) is 0 Å². The summed E-state index contributed by atoms with van der Waals surface area (Å²) in [6.45, 7) is 1.35. The van der Waals surface area contributed by atoms with E-state index < -0.39 is 0 Å². The van der Waals surface area contributed by atoms with Crippen LogP contribution in [-0.2, 0) is 0 Å². The SMILES string of the molecule is CNC1C2CN21. The third-order valence-electron chi connectivity index (χ3n) is 1.62. The fourth-order valence-corrected chi connectivity index (χ4v) is 0.933. The maximum Gasteiger partial charge on any atom is 0.0772 e. The highest BCUT2D eigenvalue weighted by Crippen LogP contribution is 2.40. The van der Waals surface area contributed by atoms with Gasteiger partial charge in [-0.3, -0.25) is 4.90 Å². The smallest absolute Gasteiger partial charge is 0.0772 e. The summed E-state index contributed by atoms with van der Waals surface area (Å²) in [6, 6.07) is 0.954. The molecule has 0 spiro atoms. The molecule has 0 aromatic heterocycles. The minimum absolute atomic E-state index is 0.782. The van der Waals surface area contributed by atoms with Crippen molar-refractivity contribution in [1.29, 1.82) is 0 Å². The van der Waals surface area contributed by atoms with Crippen LogP contribution in [0.4, 0.5) is 0 Å². The van der Waals surface area contributed by atoms with Gasteiger partial charge in [0.1, 0.15) is 0 Å². The van der Waals surface area contributed by atoms with Gasteiger partial charge in [-0.15, -0.1) is 0 Å². The van der Waals surface area contributed by atoms with E-state index in [-0.39, 0.29) is 0 Å². The van der Waals surface area contributed by atoms with Gasteiger partial charge in [-0.2, -0.15) is 0 Å². The Balaban J connectivity index is 1.92. The molecule has 34 valence electrons. The molecule has 6 heavy (non-hydrogen) atoms. The second-order valence-corrected chi connectivity index (χ2v) is 2.00. The Hall–Kier alpha value is -0.0800. The van der Waals surface area contributed by atoms with Crippen molar-refractivity contribution in [1.82, 2.24) is 10.2 Å². The number of nitrogens with one attached hydrogen (secondary N) is 1. The highest BCUT2D eigenvalue weighted by atomic mass is 15.6. The summed E-state index contributed by atoms with van der Waals surface area (Å²) in [7, 11) is 2.01. The van der Waals surface area contributed by atoms with Crippen LogP contribution in [0.3, 0.4) is 0 Å². The van der Waals surface area contributed by atoms with Gasteiger partial charge in [0.2, 0.25) is 0 Å². The van der Waals surface area contributed by atoms with Gasteiger partial charge in [0.25, 0.3) is 0 Å². The van der Waals surface area contributed by atoms with E-state index in [9.17, 15) is 0 Å². The zero-order valence-corrected chi connectivity index (χ0v) is 3.81. The molecule has 3 atom stereocenters. The van der Waals surface area contributed by atoms with E-state index in [1.165, 1.54) is 6.54 Å². The molecule has 0 amide bonds. The molecular weight excluding hydrogens is 76.1 g/mol. The Morgan fingerprint density at radius 2 is 2.50 bits per heavy atom. The van der Waals surface area contributed by atoms with Crippen LogP contribution in [0.2, 0.25) is 0 Å². The molecule has 2 fully saturated rings. The number of likely N-dealkylation sites (N-methyl/N-ethyl adjacent to an activating group) is 1. The minimum atomic E-state index is 0.782. The van der Waals surface area contributed by atoms with Crippen molar-refractivity contribution in [2.45, 2.75) is 12.2 Å². The fraction of sp³-hybridized carbons (Fsp3) is 1.00. The molecule has 1 N–H and O–H groups in total. The summed E-state index contributed by atoms with van der Waals surface area (Å²) in [5.41, 5.74) is 0. The maximum absolute atomic E-state index is 3.16. The van der Waals surface area contributed by atoms with Crippen molar-refractivity contribution < 1.29 is 0 Å². The first-order chi connectivity index (χ1) is 2.93. The molecule has 0 radical (unpaired) electrons. The standard InChI is InChI=1S/C4H8N2/c1-5-4-3-2-6(3)4/h3-5H,2H2,1H3. The third kappa shape index (κ3) is 0.172. The van der Waals surface area contributed by atoms with Gasteiger partial charge in [-0.05, 0) is 7.05 Å². The molecule has 0 bridgehead atoms. The van der Waals surface area contributed by atoms with Crippen molar-refractivity contribution >= 4 is 0 Å². The number of nitrogens with zero attached hydrogens (tertiary/aromatic N) is 1. The third-order valence-corrected chi connectivity index (χ3v) is 1.62. The lowest BCUT2D eigenvalue weighted by atomic mass is 10.4. The summed E-state index contributed by atoms with van der Waals surface area (Å²) in [5, 5.41) is 3.16. The quantitative estimate of drug-likeness (QED) is 0.420.